The van der Waals surface area contributed by atoms with E-state index in [9.17, 15) is 19.1 Å². The number of esters is 1. The van der Waals surface area contributed by atoms with Crippen LogP contribution < -0.4 is 0 Å². The molecule has 1 aliphatic rings. The number of benzene rings is 2. The van der Waals surface area contributed by atoms with Gasteiger partial charge < -0.3 is 9.84 Å². The maximum Gasteiger partial charge on any atom is 0.313 e. The average Bonchev–Trinajstić information content (AvgIpc) is 3.63. The lowest BCUT2D eigenvalue weighted by atomic mass is 9.92. The number of carbonyl (C=O) groups is 2. The zero-order chi connectivity index (χ0) is 23.4. The summed E-state index contributed by atoms with van der Waals surface area (Å²) in [5, 5.41) is 11.4. The van der Waals surface area contributed by atoms with E-state index in [0.717, 1.165) is 46.1 Å². The smallest absolute Gasteiger partial charge is 0.313 e. The van der Waals surface area contributed by atoms with E-state index in [2.05, 4.69) is 0 Å². The fraction of sp³-hybridized carbons (Fsp3) is 0.296. The Morgan fingerprint density at radius 2 is 1.91 bits per heavy atom. The minimum atomic E-state index is -1.05. The van der Waals surface area contributed by atoms with E-state index >= 15 is 0 Å². The molecule has 0 aliphatic heterocycles. The van der Waals surface area contributed by atoms with E-state index in [-0.39, 0.29) is 31.0 Å². The van der Waals surface area contributed by atoms with Crippen molar-refractivity contribution in [2.75, 3.05) is 6.61 Å². The van der Waals surface area contributed by atoms with Crippen molar-refractivity contribution in [3.63, 3.8) is 0 Å². The number of ether oxygens (including phenoxy) is 1. The number of Topliss-reactive ketones (excluding diaryl/α,β-unsaturated/α-hetero) is 1. The molecule has 3 aromatic rings. The highest BCUT2D eigenvalue weighted by atomic mass is 19.1. The van der Waals surface area contributed by atoms with Crippen LogP contribution in [0.15, 0.2) is 54.6 Å². The Hall–Kier alpha value is -3.38. The van der Waals surface area contributed by atoms with Crippen LogP contribution in [0.5, 0.6) is 0 Å². The molecule has 5 nitrogen and oxygen atoms in total. The third-order valence-electron chi connectivity index (χ3n) is 5.63. The molecule has 2 aromatic carbocycles. The molecule has 4 rings (SSSR count). The van der Waals surface area contributed by atoms with Gasteiger partial charge in [0.2, 0.25) is 0 Å². The molecule has 1 aromatic heterocycles. The van der Waals surface area contributed by atoms with Gasteiger partial charge in [0.05, 0.1) is 23.9 Å². The van der Waals surface area contributed by atoms with Gasteiger partial charge in [-0.3, -0.25) is 14.6 Å². The van der Waals surface area contributed by atoms with E-state index in [0.29, 0.717) is 5.92 Å². The number of ketones is 1. The number of nitrogens with zero attached hydrogens (tertiary/aromatic N) is 1. The number of para-hydroxylation sites is 1. The maximum absolute atomic E-state index is 13.6. The first kappa shape index (κ1) is 22.8. The lowest BCUT2D eigenvalue weighted by Crippen LogP contribution is -2.16. The number of halogens is 1. The molecule has 0 amide bonds. The normalized spacial score (nSPS) is 14.5. The Labute approximate surface area is 191 Å². The zero-order valence-corrected chi connectivity index (χ0v) is 18.5. The predicted molar refractivity (Wildman–Crippen MR) is 125 cm³/mol. The number of pyridine rings is 1. The Balaban J connectivity index is 1.71. The number of carbonyl (C=O) groups excluding carboxylic acids is 2. The lowest BCUT2D eigenvalue weighted by molar-refractivity contribution is -0.145. The number of hydrogen-bond donors (Lipinski definition) is 1. The molecule has 0 saturated heterocycles. The Morgan fingerprint density at radius 1 is 1.18 bits per heavy atom. The number of aliphatic hydroxyl groups excluding tert-OH is 1. The third-order valence-corrected chi connectivity index (χ3v) is 5.63. The van der Waals surface area contributed by atoms with Gasteiger partial charge in [-0.1, -0.05) is 42.5 Å². The van der Waals surface area contributed by atoms with Gasteiger partial charge >= 0.3 is 5.97 Å². The van der Waals surface area contributed by atoms with Crippen molar-refractivity contribution in [2.45, 2.75) is 44.6 Å². The van der Waals surface area contributed by atoms with Crippen LogP contribution in [0.2, 0.25) is 0 Å². The van der Waals surface area contributed by atoms with Crippen LogP contribution in [0.4, 0.5) is 4.39 Å². The maximum atomic E-state index is 13.6. The van der Waals surface area contributed by atoms with Gasteiger partial charge in [-0.15, -0.1) is 0 Å². The Morgan fingerprint density at radius 3 is 2.61 bits per heavy atom. The van der Waals surface area contributed by atoms with Gasteiger partial charge in [0.1, 0.15) is 18.0 Å². The summed E-state index contributed by atoms with van der Waals surface area (Å²) in [6.07, 6.45) is 3.85. The van der Waals surface area contributed by atoms with Gasteiger partial charge in [-0.2, -0.15) is 0 Å². The molecule has 6 heteroatoms. The lowest BCUT2D eigenvalue weighted by Gasteiger charge is -2.16. The highest BCUT2D eigenvalue weighted by molar-refractivity contribution is 5.99. The summed E-state index contributed by atoms with van der Waals surface area (Å²) in [5.74, 6) is -0.960. The first-order valence-corrected chi connectivity index (χ1v) is 11.2. The molecule has 1 saturated carbocycles. The second-order valence-electron chi connectivity index (χ2n) is 8.24. The van der Waals surface area contributed by atoms with Crippen molar-refractivity contribution in [1.82, 2.24) is 4.98 Å². The van der Waals surface area contributed by atoms with E-state index in [1.54, 1.807) is 31.2 Å². The first-order valence-electron chi connectivity index (χ1n) is 11.2. The number of hydrogen-bond acceptors (Lipinski definition) is 5. The third kappa shape index (κ3) is 5.52. The molecule has 1 fully saturated rings. The molecule has 1 N–H and O–H groups in total. The molecule has 1 atom stereocenters. The Kier molecular flexibility index (Phi) is 6.94. The molecule has 0 radical (unpaired) electrons. The van der Waals surface area contributed by atoms with Gasteiger partial charge in [0, 0.05) is 28.9 Å². The van der Waals surface area contributed by atoms with Crippen LogP contribution in [0.25, 0.3) is 28.1 Å². The quantitative estimate of drug-likeness (QED) is 0.360. The van der Waals surface area contributed by atoms with Crippen molar-refractivity contribution in [2.24, 2.45) is 0 Å². The molecule has 0 spiro atoms. The standard InChI is InChI=1S/C27H26FNO4/c1-2-33-25(32)16-21(31)15-20(30)13-14-23-26(17-9-11-19(28)12-10-17)22-5-3-4-6-24(22)29-27(23)18-7-8-18/h3-6,9-14,18,20,30H,2,7-8,15-16H2,1H3/b14-13+/t20-/m0/s1. The van der Waals surface area contributed by atoms with Crippen molar-refractivity contribution < 1.29 is 23.8 Å². The highest BCUT2D eigenvalue weighted by Gasteiger charge is 2.29. The second-order valence-corrected chi connectivity index (χ2v) is 8.24. The van der Waals surface area contributed by atoms with Gasteiger partial charge in [0.25, 0.3) is 0 Å². The molecule has 170 valence electrons. The molecule has 33 heavy (non-hydrogen) atoms. The van der Waals surface area contributed by atoms with Crippen molar-refractivity contribution in [3.8, 4) is 11.1 Å². The Bertz CT molecular complexity index is 1200. The predicted octanol–water partition coefficient (Wildman–Crippen LogP) is 5.20. The number of fused-ring (bicyclic) bond motifs is 1. The summed E-state index contributed by atoms with van der Waals surface area (Å²) >= 11 is 0. The number of aliphatic hydroxyl groups is 1. The van der Waals surface area contributed by atoms with Gasteiger partial charge in [0.15, 0.2) is 0 Å². The van der Waals surface area contributed by atoms with Crippen LogP contribution >= 0.6 is 0 Å². The second kappa shape index (κ2) is 10.0. The fourth-order valence-electron chi connectivity index (χ4n) is 3.96. The minimum absolute atomic E-state index is 0.180. The number of aromatic nitrogens is 1. The molecular weight excluding hydrogens is 421 g/mol. The largest absolute Gasteiger partial charge is 0.466 e. The topological polar surface area (TPSA) is 76.5 Å². The van der Waals surface area contributed by atoms with Crippen LogP contribution in [0, 0.1) is 5.82 Å². The van der Waals surface area contributed by atoms with Crippen molar-refractivity contribution in [3.05, 3.63) is 71.7 Å². The van der Waals surface area contributed by atoms with Crippen molar-refractivity contribution in [1.29, 1.82) is 0 Å². The monoisotopic (exact) mass is 447 g/mol. The summed E-state index contributed by atoms with van der Waals surface area (Å²) in [6.45, 7) is 1.88. The fourth-order valence-corrected chi connectivity index (χ4v) is 3.96. The van der Waals surface area contributed by atoms with E-state index in [1.165, 1.54) is 12.1 Å². The van der Waals surface area contributed by atoms with E-state index < -0.39 is 12.1 Å². The average molecular weight is 448 g/mol. The number of rotatable bonds is 9. The summed E-state index contributed by atoms with van der Waals surface area (Å²) in [5.41, 5.74) is 4.43. The van der Waals surface area contributed by atoms with E-state index in [4.69, 9.17) is 9.72 Å². The summed E-state index contributed by atoms with van der Waals surface area (Å²) in [7, 11) is 0. The van der Waals surface area contributed by atoms with Crippen LogP contribution in [-0.2, 0) is 14.3 Å². The highest BCUT2D eigenvalue weighted by Crippen LogP contribution is 2.45. The molecule has 1 heterocycles. The SMILES string of the molecule is CCOC(=O)CC(=O)C[C@@H](O)/C=C/c1c(C2CC2)nc2ccccc2c1-c1ccc(F)cc1. The zero-order valence-electron chi connectivity index (χ0n) is 18.5. The summed E-state index contributed by atoms with van der Waals surface area (Å²) in [4.78, 5) is 28.5. The van der Waals surface area contributed by atoms with Crippen molar-refractivity contribution >= 4 is 28.7 Å². The molecule has 1 aliphatic carbocycles. The molecule has 0 bridgehead atoms. The summed E-state index contributed by atoms with van der Waals surface area (Å²) in [6, 6.07) is 14.2. The van der Waals surface area contributed by atoms with Crippen LogP contribution in [0.3, 0.4) is 0 Å². The van der Waals surface area contributed by atoms with E-state index in [1.807, 2.05) is 24.3 Å². The van der Waals surface area contributed by atoms with Crippen LogP contribution in [-0.4, -0.2) is 34.6 Å². The van der Waals surface area contributed by atoms with Gasteiger partial charge in [-0.25, -0.2) is 4.39 Å². The first-order chi connectivity index (χ1) is 16.0. The van der Waals surface area contributed by atoms with Crippen LogP contribution in [0.1, 0.15) is 49.8 Å². The summed E-state index contributed by atoms with van der Waals surface area (Å²) < 4.78 is 18.4. The molecule has 0 unspecified atom stereocenters. The van der Waals surface area contributed by atoms with Gasteiger partial charge in [-0.05, 0) is 43.5 Å². The minimum Gasteiger partial charge on any atom is -0.466 e. The molecular formula is C27H26FNO4.